The highest BCUT2D eigenvalue weighted by atomic mass is 35.5. The van der Waals surface area contributed by atoms with Crippen molar-refractivity contribution in [1.29, 1.82) is 0 Å². The number of hydrogen-bond donors (Lipinski definition) is 0. The molecular weight excluding hydrogens is 375 g/mol. The normalized spacial score (nSPS) is 11.1. The Morgan fingerprint density at radius 2 is 1.81 bits per heavy atom. The highest BCUT2D eigenvalue weighted by molar-refractivity contribution is 6.43. The summed E-state index contributed by atoms with van der Waals surface area (Å²) in [4.78, 5) is 25.3. The predicted octanol–water partition coefficient (Wildman–Crippen LogP) is 4.58. The molecule has 0 aliphatic carbocycles. The molecule has 0 aliphatic heterocycles. The smallest absolute Gasteiger partial charge is 0.364 e. The van der Waals surface area contributed by atoms with Crippen LogP contribution < -0.4 is 10.3 Å². The van der Waals surface area contributed by atoms with Gasteiger partial charge in [0.15, 0.2) is 11.4 Å². The van der Waals surface area contributed by atoms with Crippen LogP contribution in [0.4, 0.5) is 0 Å². The van der Waals surface area contributed by atoms with Gasteiger partial charge >= 0.3 is 5.97 Å². The van der Waals surface area contributed by atoms with Crippen molar-refractivity contribution in [2.45, 2.75) is 20.4 Å². The van der Waals surface area contributed by atoms with Gasteiger partial charge in [0.05, 0.1) is 10.4 Å². The lowest BCUT2D eigenvalue weighted by Gasteiger charge is -2.12. The van der Waals surface area contributed by atoms with E-state index in [-0.39, 0.29) is 33.0 Å². The lowest BCUT2D eigenvalue weighted by Crippen LogP contribution is -2.28. The van der Waals surface area contributed by atoms with Gasteiger partial charge in [-0.05, 0) is 24.1 Å². The maximum Gasteiger partial charge on any atom is 0.364 e. The van der Waals surface area contributed by atoms with Gasteiger partial charge in [-0.1, -0.05) is 61.3 Å². The van der Waals surface area contributed by atoms with Gasteiger partial charge in [-0.3, -0.25) is 4.79 Å². The second kappa shape index (κ2) is 7.48. The fourth-order valence-electron chi connectivity index (χ4n) is 2.57. The SMILES string of the molecule is CC(C)Cn1nc(C(=O)Oc2cccc(Cl)c2Cl)c2ccccc2c1=O. The third kappa shape index (κ3) is 3.59. The standard InChI is InChI=1S/C19H16Cl2N2O3/c1-11(2)10-23-18(24)13-7-4-3-6-12(13)17(22-23)19(25)26-15-9-5-8-14(20)16(15)21/h3-9,11H,10H2,1-2H3. The van der Waals surface area contributed by atoms with E-state index in [1.807, 2.05) is 13.8 Å². The molecule has 0 spiro atoms. The van der Waals surface area contributed by atoms with Crippen molar-refractivity contribution in [3.63, 3.8) is 0 Å². The quantitative estimate of drug-likeness (QED) is 0.483. The molecule has 134 valence electrons. The third-order valence-electron chi connectivity index (χ3n) is 3.72. The Kier molecular flexibility index (Phi) is 5.30. The molecule has 1 aromatic heterocycles. The van der Waals surface area contributed by atoms with Gasteiger partial charge in [0.2, 0.25) is 0 Å². The number of hydrogen-bond acceptors (Lipinski definition) is 4. The van der Waals surface area contributed by atoms with Crippen molar-refractivity contribution >= 4 is 39.9 Å². The first-order chi connectivity index (χ1) is 12.4. The lowest BCUT2D eigenvalue weighted by atomic mass is 10.1. The van der Waals surface area contributed by atoms with Crippen molar-refractivity contribution < 1.29 is 9.53 Å². The van der Waals surface area contributed by atoms with Gasteiger partial charge < -0.3 is 4.74 Å². The molecule has 0 fully saturated rings. The Morgan fingerprint density at radius 1 is 1.12 bits per heavy atom. The Balaban J connectivity index is 2.11. The zero-order valence-corrected chi connectivity index (χ0v) is 15.7. The van der Waals surface area contributed by atoms with Crippen LogP contribution in [0.3, 0.4) is 0 Å². The summed E-state index contributed by atoms with van der Waals surface area (Å²) in [5.74, 6) is -0.382. The Morgan fingerprint density at radius 3 is 2.50 bits per heavy atom. The van der Waals surface area contributed by atoms with Crippen LogP contribution in [-0.2, 0) is 6.54 Å². The summed E-state index contributed by atoms with van der Waals surface area (Å²) < 4.78 is 6.68. The summed E-state index contributed by atoms with van der Waals surface area (Å²) in [6.07, 6.45) is 0. The molecular formula is C19H16Cl2N2O3. The van der Waals surface area contributed by atoms with Crippen LogP contribution in [0.2, 0.25) is 10.0 Å². The number of fused-ring (bicyclic) bond motifs is 1. The summed E-state index contributed by atoms with van der Waals surface area (Å²) in [5, 5.41) is 5.50. The minimum absolute atomic E-state index is 0.0527. The first kappa shape index (κ1) is 18.4. The van der Waals surface area contributed by atoms with E-state index < -0.39 is 5.97 Å². The molecule has 0 amide bonds. The summed E-state index contributed by atoms with van der Waals surface area (Å²) in [5.41, 5.74) is -0.191. The van der Waals surface area contributed by atoms with Gasteiger partial charge in [-0.2, -0.15) is 5.10 Å². The van der Waals surface area contributed by atoms with E-state index >= 15 is 0 Å². The molecule has 0 radical (unpaired) electrons. The monoisotopic (exact) mass is 390 g/mol. The summed E-state index contributed by atoms with van der Waals surface area (Å²) in [6.45, 7) is 4.32. The number of rotatable bonds is 4. The number of benzene rings is 2. The van der Waals surface area contributed by atoms with Crippen molar-refractivity contribution in [2.24, 2.45) is 5.92 Å². The van der Waals surface area contributed by atoms with Gasteiger partial charge in [0.25, 0.3) is 5.56 Å². The molecule has 3 aromatic rings. The molecule has 26 heavy (non-hydrogen) atoms. The van der Waals surface area contributed by atoms with E-state index in [1.54, 1.807) is 42.5 Å². The van der Waals surface area contributed by atoms with E-state index in [9.17, 15) is 9.59 Å². The second-order valence-electron chi connectivity index (χ2n) is 6.22. The predicted molar refractivity (Wildman–Crippen MR) is 102 cm³/mol. The largest absolute Gasteiger partial charge is 0.420 e. The Hall–Kier alpha value is -2.37. The number of ether oxygens (including phenoxy) is 1. The summed E-state index contributed by atoms with van der Waals surface area (Å²) >= 11 is 12.0. The maximum absolute atomic E-state index is 12.7. The van der Waals surface area contributed by atoms with E-state index in [2.05, 4.69) is 5.10 Å². The van der Waals surface area contributed by atoms with Crippen LogP contribution in [0, 0.1) is 5.92 Å². The Labute approximate surface area is 160 Å². The molecule has 7 heteroatoms. The Bertz CT molecular complexity index is 1040. The first-order valence-electron chi connectivity index (χ1n) is 8.04. The average molecular weight is 391 g/mol. The lowest BCUT2D eigenvalue weighted by molar-refractivity contribution is 0.0728. The summed E-state index contributed by atoms with van der Waals surface area (Å²) in [7, 11) is 0. The van der Waals surface area contributed by atoms with E-state index in [4.69, 9.17) is 27.9 Å². The molecule has 1 heterocycles. The number of carbonyl (C=O) groups is 1. The fraction of sp³-hybridized carbons (Fsp3) is 0.211. The molecule has 0 unspecified atom stereocenters. The van der Waals surface area contributed by atoms with E-state index in [0.717, 1.165) is 0 Å². The van der Waals surface area contributed by atoms with Crippen LogP contribution in [0.5, 0.6) is 5.75 Å². The molecule has 0 saturated carbocycles. The fourth-order valence-corrected chi connectivity index (χ4v) is 2.90. The summed E-state index contributed by atoms with van der Waals surface area (Å²) in [6, 6.07) is 11.6. The van der Waals surface area contributed by atoms with Crippen LogP contribution in [-0.4, -0.2) is 15.7 Å². The molecule has 0 atom stereocenters. The molecule has 0 bridgehead atoms. The minimum atomic E-state index is -0.706. The van der Waals surface area contributed by atoms with Gasteiger partial charge in [-0.15, -0.1) is 0 Å². The highest BCUT2D eigenvalue weighted by Crippen LogP contribution is 2.32. The van der Waals surface area contributed by atoms with Crippen molar-refractivity contribution in [2.75, 3.05) is 0 Å². The molecule has 0 N–H and O–H groups in total. The van der Waals surface area contributed by atoms with Gasteiger partial charge in [0.1, 0.15) is 5.02 Å². The zero-order chi connectivity index (χ0) is 18.8. The molecule has 5 nitrogen and oxygen atoms in total. The minimum Gasteiger partial charge on any atom is -0.420 e. The molecule has 3 rings (SSSR count). The van der Waals surface area contributed by atoms with Crippen molar-refractivity contribution in [3.8, 4) is 5.75 Å². The second-order valence-corrected chi connectivity index (χ2v) is 7.00. The average Bonchev–Trinajstić information content (AvgIpc) is 2.61. The zero-order valence-electron chi connectivity index (χ0n) is 14.2. The third-order valence-corrected chi connectivity index (χ3v) is 4.52. The van der Waals surface area contributed by atoms with Crippen molar-refractivity contribution in [3.05, 3.63) is 68.6 Å². The maximum atomic E-state index is 12.7. The number of esters is 1. The van der Waals surface area contributed by atoms with Gasteiger partial charge in [0, 0.05) is 11.9 Å². The highest BCUT2D eigenvalue weighted by Gasteiger charge is 2.20. The van der Waals surface area contributed by atoms with Crippen LogP contribution in [0.15, 0.2) is 47.3 Å². The van der Waals surface area contributed by atoms with E-state index in [1.165, 1.54) is 4.68 Å². The molecule has 2 aromatic carbocycles. The van der Waals surface area contributed by atoms with Crippen LogP contribution in [0.25, 0.3) is 10.8 Å². The number of halogens is 2. The molecule has 0 saturated heterocycles. The number of carbonyl (C=O) groups excluding carboxylic acids is 1. The topological polar surface area (TPSA) is 61.2 Å². The van der Waals surface area contributed by atoms with Crippen LogP contribution >= 0.6 is 23.2 Å². The van der Waals surface area contributed by atoms with E-state index in [0.29, 0.717) is 17.3 Å². The van der Waals surface area contributed by atoms with Crippen molar-refractivity contribution in [1.82, 2.24) is 9.78 Å². The van der Waals surface area contributed by atoms with Crippen LogP contribution in [0.1, 0.15) is 24.3 Å². The first-order valence-corrected chi connectivity index (χ1v) is 8.80. The molecule has 0 aliphatic rings. The number of nitrogens with zero attached hydrogens (tertiary/aromatic N) is 2. The van der Waals surface area contributed by atoms with Gasteiger partial charge in [-0.25, -0.2) is 9.48 Å². The number of aromatic nitrogens is 2.